The topological polar surface area (TPSA) is 79.6 Å². The first-order valence-corrected chi connectivity index (χ1v) is 9.14. The van der Waals surface area contributed by atoms with Crippen molar-refractivity contribution in [3.63, 3.8) is 0 Å². The quantitative estimate of drug-likeness (QED) is 0.521. The van der Waals surface area contributed by atoms with Crippen LogP contribution in [0.15, 0.2) is 59.0 Å². The lowest BCUT2D eigenvalue weighted by atomic mass is 10.1. The Hall–Kier alpha value is -3.93. The van der Waals surface area contributed by atoms with Gasteiger partial charge in [-0.05, 0) is 30.5 Å². The first-order valence-electron chi connectivity index (χ1n) is 9.14. The molecule has 1 aliphatic rings. The average Bonchev–Trinajstić information content (AvgIpc) is 3.18. The summed E-state index contributed by atoms with van der Waals surface area (Å²) in [7, 11) is 1.44. The molecule has 1 aliphatic heterocycles. The number of nitrogens with zero attached hydrogens (tertiary/aromatic N) is 1. The molecule has 2 heterocycles. The number of hydrogen-bond acceptors (Lipinski definition) is 4. The molecule has 1 N–H and O–H groups in total. The predicted octanol–water partition coefficient (Wildman–Crippen LogP) is 4.37. The number of carbonyl (C=O) groups excluding carboxylic acids is 3. The number of rotatable bonds is 2. The highest BCUT2D eigenvalue weighted by molar-refractivity contribution is 6.22. The molecule has 6 heteroatoms. The van der Waals surface area contributed by atoms with Crippen LogP contribution in [0, 0.1) is 6.92 Å². The van der Waals surface area contributed by atoms with Gasteiger partial charge in [-0.2, -0.15) is 0 Å². The molecular formula is C23H16N2O4. The summed E-state index contributed by atoms with van der Waals surface area (Å²) in [6.45, 7) is 1.84. The minimum absolute atomic E-state index is 0.219. The van der Waals surface area contributed by atoms with E-state index in [0.717, 1.165) is 26.6 Å². The molecule has 0 bridgehead atoms. The number of hydrogen-bond donors (Lipinski definition) is 1. The summed E-state index contributed by atoms with van der Waals surface area (Å²) in [6.07, 6.45) is 0. The smallest absolute Gasteiger partial charge is 0.291 e. The van der Waals surface area contributed by atoms with Crippen molar-refractivity contribution in [1.82, 2.24) is 4.90 Å². The fourth-order valence-electron chi connectivity index (χ4n) is 3.79. The second-order valence-electron chi connectivity index (χ2n) is 7.10. The highest BCUT2D eigenvalue weighted by Gasteiger charge is 2.33. The fourth-order valence-corrected chi connectivity index (χ4v) is 3.79. The molecule has 3 aromatic carbocycles. The van der Waals surface area contributed by atoms with Crippen LogP contribution in [0.25, 0.3) is 21.7 Å². The van der Waals surface area contributed by atoms with Gasteiger partial charge in [0.05, 0.1) is 11.1 Å². The van der Waals surface area contributed by atoms with Crippen molar-refractivity contribution >= 4 is 45.2 Å². The first-order chi connectivity index (χ1) is 14.0. The molecule has 6 nitrogen and oxygen atoms in total. The van der Waals surface area contributed by atoms with Crippen molar-refractivity contribution in [3.8, 4) is 0 Å². The predicted molar refractivity (Wildman–Crippen MR) is 109 cm³/mol. The van der Waals surface area contributed by atoms with Crippen LogP contribution in [-0.2, 0) is 0 Å². The number of fused-ring (bicyclic) bond motifs is 4. The summed E-state index contributed by atoms with van der Waals surface area (Å²) in [6, 6.07) is 16.5. The van der Waals surface area contributed by atoms with Gasteiger partial charge in [-0.1, -0.05) is 36.4 Å². The van der Waals surface area contributed by atoms with Crippen LogP contribution < -0.4 is 5.32 Å². The Morgan fingerprint density at radius 1 is 0.931 bits per heavy atom. The van der Waals surface area contributed by atoms with E-state index in [1.54, 1.807) is 12.1 Å². The molecular weight excluding hydrogens is 368 g/mol. The molecule has 0 aliphatic carbocycles. The van der Waals surface area contributed by atoms with E-state index in [4.69, 9.17) is 4.42 Å². The lowest BCUT2D eigenvalue weighted by Crippen LogP contribution is -2.24. The standard InChI is InChI=1S/C23H16N2O4/c1-12-15-9-7-13-5-3-4-6-16(13)20(15)29-19(12)21(26)24-14-8-10-17-18(11-14)23(28)25(2)22(17)27/h3-11H,1-2H3,(H,24,26). The number of furan rings is 1. The van der Waals surface area contributed by atoms with E-state index < -0.39 is 5.91 Å². The molecule has 0 saturated heterocycles. The van der Waals surface area contributed by atoms with Crippen molar-refractivity contribution in [2.75, 3.05) is 12.4 Å². The Morgan fingerprint density at radius 3 is 2.52 bits per heavy atom. The van der Waals surface area contributed by atoms with Crippen LogP contribution in [0.3, 0.4) is 0 Å². The molecule has 3 amide bonds. The number of aryl methyl sites for hydroxylation is 1. The Morgan fingerprint density at radius 2 is 1.69 bits per heavy atom. The van der Waals surface area contributed by atoms with Crippen LogP contribution in [0.1, 0.15) is 36.8 Å². The third-order valence-corrected chi connectivity index (χ3v) is 5.38. The van der Waals surface area contributed by atoms with Gasteiger partial charge in [0, 0.05) is 29.1 Å². The monoisotopic (exact) mass is 384 g/mol. The van der Waals surface area contributed by atoms with E-state index in [2.05, 4.69) is 5.32 Å². The highest BCUT2D eigenvalue weighted by atomic mass is 16.3. The summed E-state index contributed by atoms with van der Waals surface area (Å²) in [5, 5.41) is 5.63. The van der Waals surface area contributed by atoms with Crippen LogP contribution in [0.2, 0.25) is 0 Å². The maximum Gasteiger partial charge on any atom is 0.291 e. The number of benzene rings is 3. The number of anilines is 1. The molecule has 0 fully saturated rings. The van der Waals surface area contributed by atoms with Gasteiger partial charge >= 0.3 is 0 Å². The van der Waals surface area contributed by atoms with Crippen LogP contribution >= 0.6 is 0 Å². The zero-order chi connectivity index (χ0) is 20.3. The Kier molecular flexibility index (Phi) is 3.58. The first kappa shape index (κ1) is 17.2. The molecule has 0 unspecified atom stereocenters. The third-order valence-electron chi connectivity index (χ3n) is 5.38. The molecule has 0 radical (unpaired) electrons. The molecule has 1 aromatic heterocycles. The zero-order valence-electron chi connectivity index (χ0n) is 15.8. The molecule has 0 spiro atoms. The van der Waals surface area contributed by atoms with Crippen LogP contribution in [0.5, 0.6) is 0 Å². The van der Waals surface area contributed by atoms with Gasteiger partial charge in [0.1, 0.15) is 5.58 Å². The molecule has 142 valence electrons. The van der Waals surface area contributed by atoms with E-state index in [1.165, 1.54) is 13.1 Å². The SMILES string of the molecule is Cc1c(C(=O)Nc2ccc3c(c2)C(=O)N(C)C3=O)oc2c1ccc1ccccc12. The van der Waals surface area contributed by atoms with Crippen LogP contribution in [-0.4, -0.2) is 29.7 Å². The molecule has 0 atom stereocenters. The van der Waals surface area contributed by atoms with Gasteiger partial charge in [-0.25, -0.2) is 0 Å². The van der Waals surface area contributed by atoms with Crippen molar-refractivity contribution in [1.29, 1.82) is 0 Å². The van der Waals surface area contributed by atoms with E-state index in [-0.39, 0.29) is 23.1 Å². The molecule has 29 heavy (non-hydrogen) atoms. The highest BCUT2D eigenvalue weighted by Crippen LogP contribution is 2.32. The summed E-state index contributed by atoms with van der Waals surface area (Å²) < 4.78 is 5.95. The van der Waals surface area contributed by atoms with Crippen molar-refractivity contribution < 1.29 is 18.8 Å². The zero-order valence-corrected chi connectivity index (χ0v) is 15.8. The molecule has 5 rings (SSSR count). The minimum Gasteiger partial charge on any atom is -0.450 e. The van der Waals surface area contributed by atoms with E-state index in [1.807, 2.05) is 43.3 Å². The number of nitrogens with one attached hydrogen (secondary N) is 1. The van der Waals surface area contributed by atoms with Gasteiger partial charge < -0.3 is 9.73 Å². The maximum atomic E-state index is 12.9. The summed E-state index contributed by atoms with van der Waals surface area (Å²) in [5.74, 6) is -0.917. The normalized spacial score (nSPS) is 13.4. The van der Waals surface area contributed by atoms with Crippen molar-refractivity contribution in [2.45, 2.75) is 6.92 Å². The number of amides is 3. The lowest BCUT2D eigenvalue weighted by molar-refractivity contribution is 0.0692. The molecule has 4 aromatic rings. The van der Waals surface area contributed by atoms with Crippen molar-refractivity contribution in [2.24, 2.45) is 0 Å². The Labute approximate surface area is 165 Å². The summed E-state index contributed by atoms with van der Waals surface area (Å²) in [5.41, 5.74) is 2.46. The van der Waals surface area contributed by atoms with E-state index in [9.17, 15) is 14.4 Å². The van der Waals surface area contributed by atoms with Gasteiger partial charge in [-0.15, -0.1) is 0 Å². The average molecular weight is 384 g/mol. The number of imide groups is 1. The van der Waals surface area contributed by atoms with E-state index >= 15 is 0 Å². The van der Waals surface area contributed by atoms with E-state index in [0.29, 0.717) is 16.8 Å². The maximum absolute atomic E-state index is 12.9. The lowest BCUT2D eigenvalue weighted by Gasteiger charge is -2.05. The van der Waals surface area contributed by atoms with Crippen molar-refractivity contribution in [3.05, 3.63) is 77.0 Å². The summed E-state index contributed by atoms with van der Waals surface area (Å²) >= 11 is 0. The van der Waals surface area contributed by atoms with Gasteiger partial charge in [-0.3, -0.25) is 19.3 Å². The Bertz CT molecular complexity index is 1370. The van der Waals surface area contributed by atoms with Crippen LogP contribution in [0.4, 0.5) is 5.69 Å². The molecule has 0 saturated carbocycles. The van der Waals surface area contributed by atoms with Gasteiger partial charge in [0.2, 0.25) is 0 Å². The largest absolute Gasteiger partial charge is 0.450 e. The number of carbonyl (C=O) groups is 3. The minimum atomic E-state index is -0.409. The third kappa shape index (κ3) is 2.46. The Balaban J connectivity index is 1.53. The fraction of sp³-hybridized carbons (Fsp3) is 0.0870. The van der Waals surface area contributed by atoms with Gasteiger partial charge in [0.25, 0.3) is 17.7 Å². The second kappa shape index (κ2) is 6.04. The van der Waals surface area contributed by atoms with Gasteiger partial charge in [0.15, 0.2) is 5.76 Å². The second-order valence-corrected chi connectivity index (χ2v) is 7.10. The summed E-state index contributed by atoms with van der Waals surface area (Å²) in [4.78, 5) is 38.1.